The Morgan fingerprint density at radius 3 is 2.92 bits per heavy atom. The molecule has 0 fully saturated rings. The molecule has 1 aromatic rings. The average molecular weight is 167 g/mol. The number of aromatic nitrogens is 1. The van der Waals surface area contributed by atoms with E-state index in [0.29, 0.717) is 12.0 Å². The number of rotatable bonds is 3. The number of hydrogen-bond donors (Lipinski definition) is 2. The van der Waals surface area contributed by atoms with Crippen LogP contribution in [0.25, 0.3) is 0 Å². The zero-order valence-electron chi connectivity index (χ0n) is 6.40. The fraction of sp³-hybridized carbons (Fsp3) is 0.250. The highest BCUT2D eigenvalue weighted by atomic mass is 16.4. The lowest BCUT2D eigenvalue weighted by Crippen LogP contribution is -2.04. The minimum absolute atomic E-state index is 0.0513. The van der Waals surface area contributed by atoms with E-state index in [1.165, 1.54) is 12.4 Å². The number of carbonyl (C=O) groups is 1. The van der Waals surface area contributed by atoms with Crippen LogP contribution in [0.1, 0.15) is 15.9 Å². The Labute approximate surface area is 69.5 Å². The number of aromatic carboxylic acids is 1. The summed E-state index contributed by atoms with van der Waals surface area (Å²) in [6.45, 7) is -0.0513. The predicted octanol–water partition coefficient (Wildman–Crippen LogP) is 0.315. The molecule has 0 aliphatic carbocycles. The van der Waals surface area contributed by atoms with Crippen molar-refractivity contribution in [3.05, 3.63) is 29.6 Å². The summed E-state index contributed by atoms with van der Waals surface area (Å²) >= 11 is 0. The van der Waals surface area contributed by atoms with Crippen LogP contribution in [-0.4, -0.2) is 27.8 Å². The van der Waals surface area contributed by atoms with Crippen LogP contribution in [0.4, 0.5) is 0 Å². The number of carboxylic acid groups (broad SMARTS) is 1. The van der Waals surface area contributed by atoms with Gasteiger partial charge in [0.15, 0.2) is 0 Å². The van der Waals surface area contributed by atoms with E-state index in [2.05, 4.69) is 4.98 Å². The van der Waals surface area contributed by atoms with Crippen molar-refractivity contribution in [2.75, 3.05) is 6.61 Å². The fourth-order valence-corrected chi connectivity index (χ4v) is 0.954. The standard InChI is InChI=1S/C8H9NO3/c10-4-2-6-1-3-9-5-7(6)8(11)12/h1,3,5,10H,2,4H2,(H,11,12). The molecule has 0 aliphatic heterocycles. The molecular weight excluding hydrogens is 158 g/mol. The average Bonchev–Trinajstić information content (AvgIpc) is 2.05. The summed E-state index contributed by atoms with van der Waals surface area (Å²) in [5.41, 5.74) is 0.770. The maximum Gasteiger partial charge on any atom is 0.337 e. The third kappa shape index (κ3) is 1.79. The van der Waals surface area contributed by atoms with Crippen molar-refractivity contribution in [2.45, 2.75) is 6.42 Å². The van der Waals surface area contributed by atoms with E-state index in [4.69, 9.17) is 10.2 Å². The molecule has 4 heteroatoms. The molecule has 0 bridgehead atoms. The summed E-state index contributed by atoms with van der Waals surface area (Å²) in [7, 11) is 0. The third-order valence-electron chi connectivity index (χ3n) is 1.52. The number of carboxylic acids is 1. The smallest absolute Gasteiger partial charge is 0.337 e. The second kappa shape index (κ2) is 3.82. The van der Waals surface area contributed by atoms with Crippen molar-refractivity contribution in [1.29, 1.82) is 0 Å². The number of hydrogen-bond acceptors (Lipinski definition) is 3. The maximum atomic E-state index is 10.6. The second-order valence-electron chi connectivity index (χ2n) is 2.31. The Bertz CT molecular complexity index is 285. The molecule has 0 atom stereocenters. The zero-order valence-corrected chi connectivity index (χ0v) is 6.40. The lowest BCUT2D eigenvalue weighted by molar-refractivity contribution is 0.0695. The van der Waals surface area contributed by atoms with Crippen molar-refractivity contribution in [3.8, 4) is 0 Å². The minimum Gasteiger partial charge on any atom is -0.478 e. The molecule has 0 aromatic carbocycles. The quantitative estimate of drug-likeness (QED) is 0.679. The van der Waals surface area contributed by atoms with Crippen LogP contribution >= 0.6 is 0 Å². The fourth-order valence-electron chi connectivity index (χ4n) is 0.954. The Hall–Kier alpha value is -1.42. The van der Waals surface area contributed by atoms with Crippen molar-refractivity contribution in [2.24, 2.45) is 0 Å². The van der Waals surface area contributed by atoms with Crippen molar-refractivity contribution in [3.63, 3.8) is 0 Å². The molecule has 0 aliphatic rings. The van der Waals surface area contributed by atoms with E-state index < -0.39 is 5.97 Å². The first-order valence-corrected chi connectivity index (χ1v) is 3.52. The SMILES string of the molecule is O=C(O)c1cnccc1CCO. The van der Waals surface area contributed by atoms with E-state index in [-0.39, 0.29) is 12.2 Å². The topological polar surface area (TPSA) is 70.4 Å². The molecule has 1 heterocycles. The largest absolute Gasteiger partial charge is 0.478 e. The monoisotopic (exact) mass is 167 g/mol. The zero-order chi connectivity index (χ0) is 8.97. The molecule has 4 nitrogen and oxygen atoms in total. The Kier molecular flexibility index (Phi) is 2.76. The summed E-state index contributed by atoms with van der Waals surface area (Å²) < 4.78 is 0. The molecule has 0 saturated carbocycles. The van der Waals surface area contributed by atoms with Crippen LogP contribution in [0, 0.1) is 0 Å². The molecule has 0 unspecified atom stereocenters. The molecule has 0 amide bonds. The van der Waals surface area contributed by atoms with Gasteiger partial charge in [-0.05, 0) is 18.1 Å². The summed E-state index contributed by atoms with van der Waals surface area (Å²) in [5.74, 6) is -1.01. The molecule has 2 N–H and O–H groups in total. The Balaban J connectivity index is 3.00. The lowest BCUT2D eigenvalue weighted by atomic mass is 10.1. The Morgan fingerprint density at radius 1 is 1.58 bits per heavy atom. The van der Waals surface area contributed by atoms with E-state index >= 15 is 0 Å². The van der Waals surface area contributed by atoms with Gasteiger partial charge in [0.1, 0.15) is 0 Å². The molecule has 0 saturated heterocycles. The molecule has 64 valence electrons. The summed E-state index contributed by atoms with van der Waals surface area (Å²) in [6.07, 6.45) is 3.15. The summed E-state index contributed by atoms with van der Waals surface area (Å²) in [6, 6.07) is 1.60. The second-order valence-corrected chi connectivity index (χ2v) is 2.31. The maximum absolute atomic E-state index is 10.6. The van der Waals surface area contributed by atoms with Crippen LogP contribution in [-0.2, 0) is 6.42 Å². The first-order valence-electron chi connectivity index (χ1n) is 3.52. The lowest BCUT2D eigenvalue weighted by Gasteiger charge is -2.01. The number of aliphatic hydroxyl groups is 1. The van der Waals surface area contributed by atoms with Crippen LogP contribution in [0.3, 0.4) is 0 Å². The van der Waals surface area contributed by atoms with Crippen molar-refractivity contribution >= 4 is 5.97 Å². The third-order valence-corrected chi connectivity index (χ3v) is 1.52. The van der Waals surface area contributed by atoms with Crippen LogP contribution in [0.2, 0.25) is 0 Å². The molecule has 0 spiro atoms. The predicted molar refractivity (Wildman–Crippen MR) is 42.0 cm³/mol. The summed E-state index contributed by atoms with van der Waals surface area (Å²) in [4.78, 5) is 14.3. The van der Waals surface area contributed by atoms with E-state index in [1.807, 2.05) is 0 Å². The van der Waals surface area contributed by atoms with Crippen molar-refractivity contribution in [1.82, 2.24) is 4.98 Å². The minimum atomic E-state index is -1.01. The number of pyridine rings is 1. The van der Waals surface area contributed by atoms with Gasteiger partial charge in [0, 0.05) is 19.0 Å². The van der Waals surface area contributed by atoms with Gasteiger partial charge in [-0.1, -0.05) is 0 Å². The highest BCUT2D eigenvalue weighted by Gasteiger charge is 2.08. The molecule has 0 radical (unpaired) electrons. The normalized spacial score (nSPS) is 9.75. The van der Waals surface area contributed by atoms with Crippen LogP contribution < -0.4 is 0 Å². The number of nitrogens with zero attached hydrogens (tertiary/aromatic N) is 1. The van der Waals surface area contributed by atoms with Gasteiger partial charge >= 0.3 is 5.97 Å². The Morgan fingerprint density at radius 2 is 2.33 bits per heavy atom. The van der Waals surface area contributed by atoms with Gasteiger partial charge < -0.3 is 10.2 Å². The van der Waals surface area contributed by atoms with Gasteiger partial charge in [-0.2, -0.15) is 0 Å². The van der Waals surface area contributed by atoms with Gasteiger partial charge in [-0.15, -0.1) is 0 Å². The van der Waals surface area contributed by atoms with E-state index in [9.17, 15) is 4.79 Å². The number of aliphatic hydroxyl groups excluding tert-OH is 1. The van der Waals surface area contributed by atoms with Crippen molar-refractivity contribution < 1.29 is 15.0 Å². The molecule has 1 aromatic heterocycles. The molecule has 1 rings (SSSR count). The van der Waals surface area contributed by atoms with Gasteiger partial charge in [0.25, 0.3) is 0 Å². The van der Waals surface area contributed by atoms with Crippen LogP contribution in [0.5, 0.6) is 0 Å². The first-order chi connectivity index (χ1) is 5.75. The van der Waals surface area contributed by atoms with E-state index in [0.717, 1.165) is 0 Å². The van der Waals surface area contributed by atoms with Gasteiger partial charge in [-0.3, -0.25) is 4.98 Å². The highest BCUT2D eigenvalue weighted by Crippen LogP contribution is 2.06. The highest BCUT2D eigenvalue weighted by molar-refractivity contribution is 5.88. The molecular formula is C8H9NO3. The van der Waals surface area contributed by atoms with Gasteiger partial charge in [0.2, 0.25) is 0 Å². The molecule has 12 heavy (non-hydrogen) atoms. The summed E-state index contributed by atoms with van der Waals surface area (Å²) in [5, 5.41) is 17.3. The van der Waals surface area contributed by atoms with Gasteiger partial charge in [0.05, 0.1) is 5.56 Å². The van der Waals surface area contributed by atoms with E-state index in [1.54, 1.807) is 6.07 Å². The van der Waals surface area contributed by atoms with Crippen LogP contribution in [0.15, 0.2) is 18.5 Å². The first kappa shape index (κ1) is 8.67. The van der Waals surface area contributed by atoms with Gasteiger partial charge in [-0.25, -0.2) is 4.79 Å².